The molecule has 4 nitrogen and oxygen atoms in total. The molecule has 0 radical (unpaired) electrons. The van der Waals surface area contributed by atoms with Crippen LogP contribution in [0.4, 0.5) is 0 Å². The second-order valence-electron chi connectivity index (χ2n) is 6.05. The number of carbonyl (C=O) groups excluding carboxylic acids is 1. The monoisotopic (exact) mass is 312 g/mol. The number of benzene rings is 1. The van der Waals surface area contributed by atoms with E-state index in [-0.39, 0.29) is 11.8 Å². The summed E-state index contributed by atoms with van der Waals surface area (Å²) in [6, 6.07) is 14.0. The summed E-state index contributed by atoms with van der Waals surface area (Å²) in [5.74, 6) is 1.23. The minimum atomic E-state index is -0.0205. The van der Waals surface area contributed by atoms with Gasteiger partial charge < -0.3 is 9.32 Å². The molecule has 2 aromatic rings. The van der Waals surface area contributed by atoms with Gasteiger partial charge in [0.05, 0.1) is 18.7 Å². The van der Waals surface area contributed by atoms with Gasteiger partial charge in [-0.2, -0.15) is 0 Å². The maximum atomic E-state index is 12.8. The van der Waals surface area contributed by atoms with Crippen LogP contribution < -0.4 is 0 Å². The Morgan fingerprint density at radius 2 is 1.83 bits per heavy atom. The van der Waals surface area contributed by atoms with E-state index in [2.05, 4.69) is 24.0 Å². The van der Waals surface area contributed by atoms with Gasteiger partial charge in [-0.15, -0.1) is 0 Å². The van der Waals surface area contributed by atoms with Crippen LogP contribution in [0.5, 0.6) is 0 Å². The van der Waals surface area contributed by atoms with E-state index in [0.29, 0.717) is 0 Å². The Hall–Kier alpha value is -2.07. The highest BCUT2D eigenvalue weighted by Gasteiger charge is 2.27. The van der Waals surface area contributed by atoms with Crippen molar-refractivity contribution in [3.63, 3.8) is 0 Å². The molecule has 0 saturated carbocycles. The average molecular weight is 312 g/mol. The molecule has 0 aliphatic carbocycles. The van der Waals surface area contributed by atoms with Crippen molar-refractivity contribution in [2.45, 2.75) is 25.8 Å². The van der Waals surface area contributed by atoms with E-state index >= 15 is 0 Å². The van der Waals surface area contributed by atoms with Gasteiger partial charge >= 0.3 is 0 Å². The first-order valence-corrected chi connectivity index (χ1v) is 8.36. The third-order valence-electron chi connectivity index (χ3n) is 4.55. The first-order valence-electron chi connectivity index (χ1n) is 8.36. The average Bonchev–Trinajstić information content (AvgIpc) is 3.10. The summed E-state index contributed by atoms with van der Waals surface area (Å²) in [5, 5.41) is 0. The number of carbonyl (C=O) groups is 1. The lowest BCUT2D eigenvalue weighted by molar-refractivity contribution is -0.134. The smallest absolute Gasteiger partial charge is 0.230 e. The Morgan fingerprint density at radius 1 is 1.09 bits per heavy atom. The minimum Gasteiger partial charge on any atom is -0.468 e. The summed E-state index contributed by atoms with van der Waals surface area (Å²) in [6.07, 6.45) is 2.55. The Kier molecular flexibility index (Phi) is 5.13. The van der Waals surface area contributed by atoms with E-state index in [9.17, 15) is 4.79 Å². The fourth-order valence-corrected chi connectivity index (χ4v) is 3.21. The van der Waals surface area contributed by atoms with Crippen molar-refractivity contribution < 1.29 is 9.21 Å². The van der Waals surface area contributed by atoms with Crippen LogP contribution in [-0.2, 0) is 11.3 Å². The van der Waals surface area contributed by atoms with Gasteiger partial charge in [-0.3, -0.25) is 9.69 Å². The molecule has 1 saturated heterocycles. The molecule has 0 unspecified atom stereocenters. The van der Waals surface area contributed by atoms with Crippen LogP contribution in [-0.4, -0.2) is 41.9 Å². The molecule has 1 aliphatic rings. The van der Waals surface area contributed by atoms with E-state index in [0.717, 1.165) is 50.5 Å². The van der Waals surface area contributed by atoms with Gasteiger partial charge in [0.15, 0.2) is 0 Å². The summed E-state index contributed by atoms with van der Waals surface area (Å²) >= 11 is 0. The van der Waals surface area contributed by atoms with Crippen LogP contribution in [0.3, 0.4) is 0 Å². The minimum absolute atomic E-state index is 0.0205. The first kappa shape index (κ1) is 15.8. The SMILES string of the molecule is CC[C@@H](C(=O)N1CCN(Cc2ccco2)CC1)c1ccccc1. The van der Waals surface area contributed by atoms with Gasteiger partial charge in [-0.1, -0.05) is 37.3 Å². The summed E-state index contributed by atoms with van der Waals surface area (Å²) in [6.45, 7) is 6.30. The number of amides is 1. The molecule has 0 bridgehead atoms. The predicted molar refractivity (Wildman–Crippen MR) is 90.0 cm³/mol. The standard InChI is InChI=1S/C19H24N2O2/c1-2-18(16-7-4-3-5-8-16)19(22)21-12-10-20(11-13-21)15-17-9-6-14-23-17/h3-9,14,18H,2,10-13,15H2,1H3/t18-/m1/s1. The van der Waals surface area contributed by atoms with Gasteiger partial charge in [0.2, 0.25) is 5.91 Å². The van der Waals surface area contributed by atoms with Gasteiger partial charge in [-0.25, -0.2) is 0 Å². The van der Waals surface area contributed by atoms with Crippen LogP contribution in [0.2, 0.25) is 0 Å². The molecule has 1 fully saturated rings. The fourth-order valence-electron chi connectivity index (χ4n) is 3.21. The molecule has 4 heteroatoms. The van der Waals surface area contributed by atoms with E-state index < -0.39 is 0 Å². The Bertz CT molecular complexity index is 602. The van der Waals surface area contributed by atoms with Gasteiger partial charge in [0.1, 0.15) is 5.76 Å². The highest BCUT2D eigenvalue weighted by molar-refractivity contribution is 5.83. The molecule has 1 atom stereocenters. The molecule has 1 aliphatic heterocycles. The van der Waals surface area contributed by atoms with Crippen molar-refractivity contribution in [3.8, 4) is 0 Å². The molecule has 122 valence electrons. The topological polar surface area (TPSA) is 36.7 Å². The fraction of sp³-hybridized carbons (Fsp3) is 0.421. The highest BCUT2D eigenvalue weighted by Crippen LogP contribution is 2.23. The van der Waals surface area contributed by atoms with Crippen molar-refractivity contribution in [2.24, 2.45) is 0 Å². The van der Waals surface area contributed by atoms with Crippen LogP contribution in [0, 0.1) is 0 Å². The van der Waals surface area contributed by atoms with Crippen molar-refractivity contribution in [3.05, 3.63) is 60.1 Å². The summed E-state index contributed by atoms with van der Waals surface area (Å²) in [5.41, 5.74) is 1.12. The largest absolute Gasteiger partial charge is 0.468 e. The van der Waals surface area contributed by atoms with Crippen molar-refractivity contribution in [1.29, 1.82) is 0 Å². The zero-order chi connectivity index (χ0) is 16.1. The quantitative estimate of drug-likeness (QED) is 0.851. The molecule has 0 spiro atoms. The van der Waals surface area contributed by atoms with Crippen molar-refractivity contribution in [2.75, 3.05) is 26.2 Å². The van der Waals surface area contributed by atoms with Gasteiger partial charge in [0.25, 0.3) is 0 Å². The third kappa shape index (κ3) is 3.82. The predicted octanol–water partition coefficient (Wildman–Crippen LogP) is 3.12. The molecule has 23 heavy (non-hydrogen) atoms. The van der Waals surface area contributed by atoms with Crippen molar-refractivity contribution >= 4 is 5.91 Å². The highest BCUT2D eigenvalue weighted by atomic mass is 16.3. The molecule has 2 heterocycles. The Balaban J connectivity index is 1.57. The summed E-state index contributed by atoms with van der Waals surface area (Å²) in [7, 11) is 0. The van der Waals surface area contributed by atoms with E-state index in [4.69, 9.17) is 4.42 Å². The number of nitrogens with zero attached hydrogens (tertiary/aromatic N) is 2. The van der Waals surface area contributed by atoms with E-state index in [1.165, 1.54) is 0 Å². The normalized spacial score (nSPS) is 17.2. The Morgan fingerprint density at radius 3 is 2.43 bits per heavy atom. The number of hydrogen-bond donors (Lipinski definition) is 0. The second-order valence-corrected chi connectivity index (χ2v) is 6.05. The number of piperazine rings is 1. The molecular weight excluding hydrogens is 288 g/mol. The van der Waals surface area contributed by atoms with Crippen LogP contribution >= 0.6 is 0 Å². The van der Waals surface area contributed by atoms with E-state index in [1.807, 2.05) is 35.2 Å². The zero-order valence-electron chi connectivity index (χ0n) is 13.6. The number of hydrogen-bond acceptors (Lipinski definition) is 3. The van der Waals surface area contributed by atoms with Gasteiger partial charge in [-0.05, 0) is 24.1 Å². The second kappa shape index (κ2) is 7.47. The van der Waals surface area contributed by atoms with Crippen molar-refractivity contribution in [1.82, 2.24) is 9.80 Å². The molecule has 3 rings (SSSR count). The lowest BCUT2D eigenvalue weighted by atomic mass is 9.95. The lowest BCUT2D eigenvalue weighted by Crippen LogP contribution is -2.49. The zero-order valence-corrected chi connectivity index (χ0v) is 13.6. The molecule has 0 N–H and O–H groups in total. The first-order chi connectivity index (χ1) is 11.3. The molecule has 1 aromatic heterocycles. The van der Waals surface area contributed by atoms with Crippen LogP contribution in [0.15, 0.2) is 53.1 Å². The number of rotatable bonds is 5. The van der Waals surface area contributed by atoms with Crippen LogP contribution in [0.25, 0.3) is 0 Å². The summed E-state index contributed by atoms with van der Waals surface area (Å²) < 4.78 is 5.40. The number of furan rings is 1. The molecule has 1 aromatic carbocycles. The van der Waals surface area contributed by atoms with Gasteiger partial charge in [0, 0.05) is 26.2 Å². The lowest BCUT2D eigenvalue weighted by Gasteiger charge is -2.36. The molecular formula is C19H24N2O2. The van der Waals surface area contributed by atoms with E-state index in [1.54, 1.807) is 6.26 Å². The Labute approximate surface area is 137 Å². The third-order valence-corrected chi connectivity index (χ3v) is 4.55. The molecule has 1 amide bonds. The summed E-state index contributed by atoms with van der Waals surface area (Å²) in [4.78, 5) is 17.2. The maximum Gasteiger partial charge on any atom is 0.230 e. The van der Waals surface area contributed by atoms with Crippen LogP contribution in [0.1, 0.15) is 30.6 Å². The maximum absolute atomic E-state index is 12.8.